The van der Waals surface area contributed by atoms with Crippen molar-refractivity contribution in [1.82, 2.24) is 0 Å². The third-order valence-corrected chi connectivity index (χ3v) is 1.17. The Labute approximate surface area is 108 Å². The molecule has 0 spiro atoms. The summed E-state index contributed by atoms with van der Waals surface area (Å²) in [4.78, 5) is 0. The average molecular weight is 212 g/mol. The van der Waals surface area contributed by atoms with Gasteiger partial charge in [0.15, 0.2) is 0 Å². The first-order valence-electron chi connectivity index (χ1n) is 2.22. The second-order valence-electron chi connectivity index (χ2n) is 1.45. The zero-order valence-corrected chi connectivity index (χ0v) is 10.9. The normalized spacial score (nSPS) is 8.11. The van der Waals surface area contributed by atoms with Gasteiger partial charge in [0.2, 0.25) is 0 Å². The van der Waals surface area contributed by atoms with E-state index < -0.39 is 0 Å². The third kappa shape index (κ3) is 3.14. The first-order chi connectivity index (χ1) is 3.80. The van der Waals surface area contributed by atoms with Crippen LogP contribution in [0.5, 0.6) is 0 Å². The molecule has 2 N–H and O–H groups in total. The molecule has 0 fully saturated rings. The topological polar surface area (TPSA) is 26.0 Å². The Balaban J connectivity index is 0.000000640. The summed E-state index contributed by atoms with van der Waals surface area (Å²) in [6, 6.07) is 7.86. The van der Waals surface area contributed by atoms with Crippen LogP contribution in [0.2, 0.25) is 5.02 Å². The first kappa shape index (κ1) is 10.1. The van der Waals surface area contributed by atoms with Gasteiger partial charge in [-0.25, -0.2) is 0 Å². The number of rotatable bonds is 0. The van der Waals surface area contributed by atoms with Gasteiger partial charge >= 0.3 is 58.2 Å². The van der Waals surface area contributed by atoms with Crippen molar-refractivity contribution < 1.29 is 58.2 Å². The van der Waals surface area contributed by atoms with Crippen molar-refractivity contribution in [3.63, 3.8) is 0 Å². The molecule has 0 bridgehead atoms. The van der Waals surface area contributed by atoms with Crippen LogP contribution in [-0.4, -0.2) is 0 Å². The van der Waals surface area contributed by atoms with E-state index >= 15 is 0 Å². The van der Waals surface area contributed by atoms with Crippen molar-refractivity contribution in [1.29, 1.82) is 0 Å². The van der Waals surface area contributed by atoms with E-state index in [-0.39, 0.29) is 58.2 Å². The fourth-order valence-electron chi connectivity index (χ4n) is 0.422. The standard InChI is InChI=1S/C6H5ClN.Rb/c7-5-3-1-2-4-6(5)8;/h2-4H,8H2;/q-1;+1. The molecule has 1 nitrogen and oxygen atoms in total. The van der Waals surface area contributed by atoms with Crippen LogP contribution in [-0.2, 0) is 0 Å². The van der Waals surface area contributed by atoms with E-state index in [1.165, 1.54) is 0 Å². The Morgan fingerprint density at radius 2 is 2.22 bits per heavy atom. The molecule has 0 radical (unpaired) electrons. The molecule has 0 aliphatic rings. The molecule has 0 aliphatic heterocycles. The van der Waals surface area contributed by atoms with Crippen LogP contribution in [0.15, 0.2) is 18.2 Å². The number of hydrogen-bond donors (Lipinski definition) is 1. The van der Waals surface area contributed by atoms with Gasteiger partial charge in [-0.15, -0.1) is 6.07 Å². The number of benzene rings is 1. The van der Waals surface area contributed by atoms with Gasteiger partial charge in [0.1, 0.15) is 0 Å². The molecule has 1 rings (SSSR count). The molecule has 0 aromatic heterocycles. The molecule has 0 saturated carbocycles. The summed E-state index contributed by atoms with van der Waals surface area (Å²) in [7, 11) is 0. The second kappa shape index (κ2) is 4.86. The SMILES string of the molecule is Nc1cc[c-]cc1Cl.[Rb+]. The summed E-state index contributed by atoms with van der Waals surface area (Å²) >= 11 is 5.55. The quantitative estimate of drug-likeness (QED) is 0.421. The summed E-state index contributed by atoms with van der Waals surface area (Å²) in [5.74, 6) is 0. The second-order valence-corrected chi connectivity index (χ2v) is 1.85. The van der Waals surface area contributed by atoms with E-state index in [0.717, 1.165) is 0 Å². The van der Waals surface area contributed by atoms with Crippen molar-refractivity contribution in [3.05, 3.63) is 29.3 Å². The Kier molecular flexibility index (Phi) is 5.46. The van der Waals surface area contributed by atoms with Crippen LogP contribution in [0.4, 0.5) is 5.69 Å². The summed E-state index contributed by atoms with van der Waals surface area (Å²) in [5, 5.41) is 0.563. The minimum Gasteiger partial charge on any atom is -0.418 e. The van der Waals surface area contributed by atoms with E-state index in [4.69, 9.17) is 17.3 Å². The summed E-state index contributed by atoms with van der Waals surface area (Å²) < 4.78 is 0. The summed E-state index contributed by atoms with van der Waals surface area (Å²) in [6.45, 7) is 0. The van der Waals surface area contributed by atoms with Crippen molar-refractivity contribution in [2.24, 2.45) is 0 Å². The zero-order chi connectivity index (χ0) is 5.98. The fourth-order valence-corrected chi connectivity index (χ4v) is 0.548. The molecular formula is C6H5ClNRb. The van der Waals surface area contributed by atoms with Gasteiger partial charge in [-0.2, -0.15) is 29.8 Å². The van der Waals surface area contributed by atoms with Gasteiger partial charge in [-0.1, -0.05) is 5.69 Å². The van der Waals surface area contributed by atoms with Crippen LogP contribution < -0.4 is 63.9 Å². The largest absolute Gasteiger partial charge is 1.00 e. The monoisotopic (exact) mass is 211 g/mol. The molecule has 0 unspecified atom stereocenters. The van der Waals surface area contributed by atoms with E-state index in [1.54, 1.807) is 18.2 Å². The van der Waals surface area contributed by atoms with Gasteiger partial charge in [0.05, 0.1) is 0 Å². The van der Waals surface area contributed by atoms with Crippen LogP contribution in [0.1, 0.15) is 0 Å². The van der Waals surface area contributed by atoms with Crippen molar-refractivity contribution in [3.8, 4) is 0 Å². The van der Waals surface area contributed by atoms with Crippen molar-refractivity contribution >= 4 is 17.3 Å². The maximum absolute atomic E-state index is 5.55. The first-order valence-corrected chi connectivity index (χ1v) is 2.59. The minimum absolute atomic E-state index is 0. The Morgan fingerprint density at radius 1 is 1.56 bits per heavy atom. The number of nitrogen functional groups attached to an aromatic ring is 1. The number of nitrogens with two attached hydrogens (primary N) is 1. The Hall–Kier alpha value is 1.12. The molecule has 0 heterocycles. The third-order valence-electron chi connectivity index (χ3n) is 0.845. The molecule has 0 saturated heterocycles. The molecule has 0 amide bonds. The summed E-state index contributed by atoms with van der Waals surface area (Å²) in [6.07, 6.45) is 0. The van der Waals surface area contributed by atoms with E-state index in [0.29, 0.717) is 10.7 Å². The number of anilines is 1. The number of hydrogen-bond acceptors (Lipinski definition) is 1. The average Bonchev–Trinajstić information content (AvgIpc) is 1.77. The number of halogens is 1. The van der Waals surface area contributed by atoms with Crippen LogP contribution in [0.3, 0.4) is 0 Å². The van der Waals surface area contributed by atoms with Gasteiger partial charge < -0.3 is 5.73 Å². The minimum atomic E-state index is 0. The maximum Gasteiger partial charge on any atom is 1.00 e. The molecule has 1 aromatic carbocycles. The molecule has 42 valence electrons. The van der Waals surface area contributed by atoms with Gasteiger partial charge in [-0.3, -0.25) is 0 Å². The van der Waals surface area contributed by atoms with Gasteiger partial charge in [-0.05, 0) is 5.02 Å². The van der Waals surface area contributed by atoms with Crippen molar-refractivity contribution in [2.75, 3.05) is 5.73 Å². The van der Waals surface area contributed by atoms with Crippen LogP contribution in [0, 0.1) is 6.07 Å². The summed E-state index contributed by atoms with van der Waals surface area (Å²) in [5.41, 5.74) is 5.97. The maximum atomic E-state index is 5.55. The van der Waals surface area contributed by atoms with Crippen LogP contribution >= 0.6 is 11.6 Å². The zero-order valence-electron chi connectivity index (χ0n) is 5.19. The molecule has 0 atom stereocenters. The molecule has 9 heavy (non-hydrogen) atoms. The Morgan fingerprint density at radius 3 is 2.56 bits per heavy atom. The smallest absolute Gasteiger partial charge is 0.418 e. The molecular weight excluding hydrogens is 207 g/mol. The predicted octanol–water partition coefficient (Wildman–Crippen LogP) is -1.27. The van der Waals surface area contributed by atoms with Crippen molar-refractivity contribution in [2.45, 2.75) is 0 Å². The van der Waals surface area contributed by atoms with E-state index in [1.807, 2.05) is 0 Å². The molecule has 1 aromatic rings. The van der Waals surface area contributed by atoms with E-state index in [2.05, 4.69) is 6.07 Å². The van der Waals surface area contributed by atoms with Gasteiger partial charge in [0.25, 0.3) is 0 Å². The molecule has 0 aliphatic carbocycles. The van der Waals surface area contributed by atoms with E-state index in [9.17, 15) is 0 Å². The van der Waals surface area contributed by atoms with Gasteiger partial charge in [0, 0.05) is 0 Å². The predicted molar refractivity (Wildman–Crippen MR) is 34.7 cm³/mol. The fraction of sp³-hybridized carbons (Fsp3) is 0. The van der Waals surface area contributed by atoms with Crippen LogP contribution in [0.25, 0.3) is 0 Å². The Bertz CT molecular complexity index is 169. The molecule has 3 heteroatoms.